The van der Waals surface area contributed by atoms with Crippen LogP contribution in [0.1, 0.15) is 5.56 Å². The molecule has 0 aliphatic carbocycles. The maximum atomic E-state index is 12.2. The molecule has 1 aliphatic rings. The maximum Gasteiger partial charge on any atom is 0.296 e. The number of carbonyl (C=O) groups excluding carboxylic acids is 1. The van der Waals surface area contributed by atoms with Crippen LogP contribution < -0.4 is 4.90 Å². The minimum Gasteiger partial charge on any atom is -0.284 e. The molecule has 0 saturated carbocycles. The molecule has 1 amide bonds. The van der Waals surface area contributed by atoms with E-state index >= 15 is 0 Å². The zero-order valence-corrected chi connectivity index (χ0v) is 12.4. The molecule has 0 saturated heterocycles. The lowest BCUT2D eigenvalue weighted by molar-refractivity contribution is -0.113. The molecule has 0 aromatic heterocycles. The number of hydrogen-bond donors (Lipinski definition) is 0. The average Bonchev–Trinajstić information content (AvgIpc) is 2.85. The molecule has 0 N–H and O–H groups in total. The van der Waals surface area contributed by atoms with Crippen LogP contribution >= 0.6 is 11.8 Å². The molecule has 4 heteroatoms. The predicted molar refractivity (Wildman–Crippen MR) is 89.3 cm³/mol. The second-order valence-corrected chi connectivity index (χ2v) is 5.29. The van der Waals surface area contributed by atoms with Gasteiger partial charge in [-0.1, -0.05) is 60.3 Å². The van der Waals surface area contributed by atoms with Crippen molar-refractivity contribution in [2.24, 2.45) is 4.99 Å². The number of rotatable bonds is 2. The van der Waals surface area contributed by atoms with Gasteiger partial charge in [-0.2, -0.15) is 4.99 Å². The third kappa shape index (κ3) is 2.76. The van der Waals surface area contributed by atoms with Crippen molar-refractivity contribution in [1.82, 2.24) is 0 Å². The van der Waals surface area contributed by atoms with Crippen LogP contribution in [-0.4, -0.2) is 17.3 Å². The summed E-state index contributed by atoms with van der Waals surface area (Å²) < 4.78 is 0. The lowest BCUT2D eigenvalue weighted by atomic mass is 10.1. The Bertz CT molecular complexity index is 708. The van der Waals surface area contributed by atoms with Gasteiger partial charge in [0.25, 0.3) is 5.91 Å². The van der Waals surface area contributed by atoms with Gasteiger partial charge in [0.05, 0.1) is 0 Å². The fourth-order valence-corrected chi connectivity index (χ4v) is 2.75. The van der Waals surface area contributed by atoms with Gasteiger partial charge in [0.2, 0.25) is 0 Å². The minimum absolute atomic E-state index is 0.202. The zero-order valence-electron chi connectivity index (χ0n) is 11.6. The van der Waals surface area contributed by atoms with Crippen LogP contribution in [0.2, 0.25) is 0 Å². The monoisotopic (exact) mass is 294 g/mol. The first-order valence-corrected chi connectivity index (χ1v) is 7.81. The van der Waals surface area contributed by atoms with Crippen molar-refractivity contribution in [3.8, 4) is 0 Å². The molecular weight excluding hydrogens is 280 g/mol. The maximum absolute atomic E-state index is 12.2. The third-order valence-electron chi connectivity index (χ3n) is 3.15. The van der Waals surface area contributed by atoms with Crippen molar-refractivity contribution in [1.29, 1.82) is 0 Å². The van der Waals surface area contributed by atoms with Gasteiger partial charge in [-0.25, -0.2) is 0 Å². The van der Waals surface area contributed by atoms with E-state index in [1.54, 1.807) is 0 Å². The van der Waals surface area contributed by atoms with Crippen LogP contribution in [0.5, 0.6) is 0 Å². The van der Waals surface area contributed by atoms with Crippen LogP contribution in [0.25, 0.3) is 6.08 Å². The standard InChI is InChI=1S/C17H14N2OS/c1-21-17-18-16(20)15(12-13-8-4-2-5-9-13)19(17)14-10-6-3-7-11-14/h2-12H,1H3/b15-12+. The molecule has 1 aliphatic heterocycles. The number of nitrogens with zero attached hydrogens (tertiary/aromatic N) is 2. The Morgan fingerprint density at radius 1 is 1.00 bits per heavy atom. The number of amides is 1. The van der Waals surface area contributed by atoms with E-state index in [-0.39, 0.29) is 5.91 Å². The van der Waals surface area contributed by atoms with Crippen molar-refractivity contribution in [2.45, 2.75) is 0 Å². The van der Waals surface area contributed by atoms with Gasteiger partial charge in [0.15, 0.2) is 5.17 Å². The fraction of sp³-hybridized carbons (Fsp3) is 0.0588. The van der Waals surface area contributed by atoms with E-state index in [4.69, 9.17) is 0 Å². The van der Waals surface area contributed by atoms with Crippen molar-refractivity contribution >= 4 is 34.6 Å². The average molecular weight is 294 g/mol. The Labute approximate surface area is 128 Å². The highest BCUT2D eigenvalue weighted by molar-refractivity contribution is 8.13. The van der Waals surface area contributed by atoms with E-state index in [0.29, 0.717) is 10.9 Å². The number of amidine groups is 1. The van der Waals surface area contributed by atoms with Crippen LogP contribution in [0.3, 0.4) is 0 Å². The molecular formula is C17H14N2OS. The van der Waals surface area contributed by atoms with Crippen molar-refractivity contribution in [3.63, 3.8) is 0 Å². The Hall–Kier alpha value is -2.33. The summed E-state index contributed by atoms with van der Waals surface area (Å²) in [6.07, 6.45) is 3.80. The second kappa shape index (κ2) is 5.97. The van der Waals surface area contributed by atoms with Gasteiger partial charge in [0, 0.05) is 5.69 Å². The number of carbonyl (C=O) groups is 1. The molecule has 2 aromatic carbocycles. The zero-order chi connectivity index (χ0) is 14.7. The SMILES string of the molecule is CSC1=NC(=O)/C(=C\c2ccccc2)N1c1ccccc1. The van der Waals surface area contributed by atoms with E-state index in [1.807, 2.05) is 77.9 Å². The highest BCUT2D eigenvalue weighted by atomic mass is 32.2. The van der Waals surface area contributed by atoms with Gasteiger partial charge in [-0.15, -0.1) is 0 Å². The Balaban J connectivity index is 2.06. The molecule has 21 heavy (non-hydrogen) atoms. The Morgan fingerprint density at radius 2 is 1.62 bits per heavy atom. The summed E-state index contributed by atoms with van der Waals surface area (Å²) in [6.45, 7) is 0. The number of aliphatic imine (C=N–C) groups is 1. The molecule has 0 spiro atoms. The summed E-state index contributed by atoms with van der Waals surface area (Å²) >= 11 is 1.47. The van der Waals surface area contributed by atoms with E-state index in [1.165, 1.54) is 11.8 Å². The van der Waals surface area contributed by atoms with Crippen LogP contribution in [-0.2, 0) is 4.79 Å². The number of para-hydroxylation sites is 1. The molecule has 0 unspecified atom stereocenters. The summed E-state index contributed by atoms with van der Waals surface area (Å²) in [6, 6.07) is 19.6. The Kier molecular flexibility index (Phi) is 3.88. The first-order valence-electron chi connectivity index (χ1n) is 6.58. The summed E-state index contributed by atoms with van der Waals surface area (Å²) in [5.41, 5.74) is 2.51. The summed E-state index contributed by atoms with van der Waals surface area (Å²) in [5, 5.41) is 0.702. The van der Waals surface area contributed by atoms with Gasteiger partial charge < -0.3 is 0 Å². The molecule has 104 valence electrons. The summed E-state index contributed by atoms with van der Waals surface area (Å²) in [5.74, 6) is -0.202. The largest absolute Gasteiger partial charge is 0.296 e. The Morgan fingerprint density at radius 3 is 2.24 bits per heavy atom. The third-order valence-corrected chi connectivity index (χ3v) is 3.79. The highest BCUT2D eigenvalue weighted by Gasteiger charge is 2.30. The van der Waals surface area contributed by atoms with Crippen LogP contribution in [0.15, 0.2) is 71.4 Å². The molecule has 0 bridgehead atoms. The molecule has 2 aromatic rings. The van der Waals surface area contributed by atoms with Crippen molar-refractivity contribution in [3.05, 3.63) is 71.9 Å². The van der Waals surface area contributed by atoms with Gasteiger partial charge in [-0.05, 0) is 30.0 Å². The highest BCUT2D eigenvalue weighted by Crippen LogP contribution is 2.29. The normalized spacial score (nSPS) is 16.4. The first-order chi connectivity index (χ1) is 10.3. The van der Waals surface area contributed by atoms with E-state index in [0.717, 1.165) is 11.3 Å². The number of benzene rings is 2. The number of hydrogen-bond acceptors (Lipinski definition) is 3. The smallest absolute Gasteiger partial charge is 0.284 e. The number of thioether (sulfide) groups is 1. The molecule has 0 radical (unpaired) electrons. The fourth-order valence-electron chi connectivity index (χ4n) is 2.19. The minimum atomic E-state index is -0.202. The molecule has 3 rings (SSSR count). The lowest BCUT2D eigenvalue weighted by Crippen LogP contribution is -2.23. The summed E-state index contributed by atoms with van der Waals surface area (Å²) in [7, 11) is 0. The van der Waals surface area contributed by atoms with Crippen LogP contribution in [0, 0.1) is 0 Å². The molecule has 3 nitrogen and oxygen atoms in total. The van der Waals surface area contributed by atoms with Crippen molar-refractivity contribution < 1.29 is 4.79 Å². The van der Waals surface area contributed by atoms with E-state index in [2.05, 4.69) is 4.99 Å². The molecule has 1 heterocycles. The van der Waals surface area contributed by atoms with E-state index in [9.17, 15) is 4.79 Å². The molecule has 0 atom stereocenters. The topological polar surface area (TPSA) is 32.7 Å². The second-order valence-electron chi connectivity index (χ2n) is 4.51. The van der Waals surface area contributed by atoms with Gasteiger partial charge in [-0.3, -0.25) is 9.69 Å². The quantitative estimate of drug-likeness (QED) is 0.790. The predicted octanol–water partition coefficient (Wildman–Crippen LogP) is 3.79. The number of anilines is 1. The molecule has 0 fully saturated rings. The van der Waals surface area contributed by atoms with Gasteiger partial charge >= 0.3 is 0 Å². The van der Waals surface area contributed by atoms with E-state index < -0.39 is 0 Å². The van der Waals surface area contributed by atoms with Crippen molar-refractivity contribution in [2.75, 3.05) is 11.2 Å². The van der Waals surface area contributed by atoms with Gasteiger partial charge in [0.1, 0.15) is 5.70 Å². The lowest BCUT2D eigenvalue weighted by Gasteiger charge is -2.20. The van der Waals surface area contributed by atoms with Crippen LogP contribution in [0.4, 0.5) is 5.69 Å². The first kappa shape index (κ1) is 13.6. The summed E-state index contributed by atoms with van der Waals surface area (Å²) in [4.78, 5) is 18.3.